The molecule has 116 valence electrons. The highest BCUT2D eigenvalue weighted by Crippen LogP contribution is 2.02. The van der Waals surface area contributed by atoms with Gasteiger partial charge in [0.15, 0.2) is 0 Å². The minimum Gasteiger partial charge on any atom is -0.383 e. The minimum atomic E-state index is 0.0841. The highest BCUT2D eigenvalue weighted by atomic mass is 16.5. The van der Waals surface area contributed by atoms with Crippen LogP contribution in [0.1, 0.15) is 0 Å². The standard InChI is InChI=1S/C13H26N4O3/c1-15(2)11-13(19)17-7-5-16(6-8-17)12(18)10-14-4-9-20-3/h14H,4-11H2,1-3H3. The van der Waals surface area contributed by atoms with Crippen LogP contribution in [0.5, 0.6) is 0 Å². The number of hydrogen-bond donors (Lipinski definition) is 1. The summed E-state index contributed by atoms with van der Waals surface area (Å²) in [5, 5.41) is 3.04. The van der Waals surface area contributed by atoms with E-state index in [4.69, 9.17) is 4.74 Å². The Balaban J connectivity index is 2.24. The van der Waals surface area contributed by atoms with Crippen molar-refractivity contribution >= 4 is 11.8 Å². The van der Waals surface area contributed by atoms with Crippen LogP contribution in [0.25, 0.3) is 0 Å². The lowest BCUT2D eigenvalue weighted by Gasteiger charge is -2.35. The number of hydrogen-bond acceptors (Lipinski definition) is 5. The number of rotatable bonds is 7. The van der Waals surface area contributed by atoms with Crippen LogP contribution in [-0.2, 0) is 14.3 Å². The van der Waals surface area contributed by atoms with Crippen molar-refractivity contribution in [3.8, 4) is 0 Å². The van der Waals surface area contributed by atoms with Gasteiger partial charge >= 0.3 is 0 Å². The number of amides is 2. The zero-order valence-electron chi connectivity index (χ0n) is 12.7. The lowest BCUT2D eigenvalue weighted by Crippen LogP contribution is -2.53. The maximum absolute atomic E-state index is 11.9. The van der Waals surface area contributed by atoms with Crippen LogP contribution in [0.4, 0.5) is 0 Å². The van der Waals surface area contributed by atoms with E-state index in [1.165, 1.54) is 0 Å². The van der Waals surface area contributed by atoms with Crippen LogP contribution in [0.3, 0.4) is 0 Å². The molecule has 2 amide bonds. The average Bonchev–Trinajstić information content (AvgIpc) is 2.43. The summed E-state index contributed by atoms with van der Waals surface area (Å²) in [7, 11) is 5.39. The third kappa shape index (κ3) is 5.85. The van der Waals surface area contributed by atoms with Gasteiger partial charge in [-0.1, -0.05) is 0 Å². The van der Waals surface area contributed by atoms with Gasteiger partial charge in [0.25, 0.3) is 0 Å². The number of nitrogens with one attached hydrogen (secondary N) is 1. The molecular weight excluding hydrogens is 260 g/mol. The Bertz CT molecular complexity index is 315. The molecule has 0 aromatic rings. The molecule has 0 radical (unpaired) electrons. The molecule has 20 heavy (non-hydrogen) atoms. The first kappa shape index (κ1) is 16.9. The maximum atomic E-state index is 11.9. The molecule has 0 saturated carbocycles. The Morgan fingerprint density at radius 1 is 1.10 bits per heavy atom. The van der Waals surface area contributed by atoms with Gasteiger partial charge in [-0.3, -0.25) is 9.59 Å². The van der Waals surface area contributed by atoms with Gasteiger partial charge in [0.1, 0.15) is 0 Å². The topological polar surface area (TPSA) is 65.1 Å². The van der Waals surface area contributed by atoms with E-state index in [0.717, 1.165) is 0 Å². The Morgan fingerprint density at radius 2 is 1.65 bits per heavy atom. The number of carbonyl (C=O) groups is 2. The van der Waals surface area contributed by atoms with Crippen LogP contribution in [0, 0.1) is 0 Å². The summed E-state index contributed by atoms with van der Waals surface area (Å²) in [6.45, 7) is 4.49. The molecule has 1 aliphatic heterocycles. The van der Waals surface area contributed by atoms with E-state index in [0.29, 0.717) is 52.4 Å². The second-order valence-corrected chi connectivity index (χ2v) is 5.17. The fourth-order valence-electron chi connectivity index (χ4n) is 2.06. The first-order valence-electron chi connectivity index (χ1n) is 6.94. The van der Waals surface area contributed by atoms with Gasteiger partial charge < -0.3 is 24.8 Å². The molecular formula is C13H26N4O3. The summed E-state index contributed by atoms with van der Waals surface area (Å²) in [4.78, 5) is 29.3. The number of likely N-dealkylation sites (N-methyl/N-ethyl adjacent to an activating group) is 1. The fourth-order valence-corrected chi connectivity index (χ4v) is 2.06. The van der Waals surface area contributed by atoms with E-state index < -0.39 is 0 Å². The van der Waals surface area contributed by atoms with Crippen molar-refractivity contribution in [2.24, 2.45) is 0 Å². The number of methoxy groups -OCH3 is 1. The lowest BCUT2D eigenvalue weighted by atomic mass is 10.3. The largest absolute Gasteiger partial charge is 0.383 e. The van der Waals surface area contributed by atoms with Crippen molar-refractivity contribution in [3.63, 3.8) is 0 Å². The van der Waals surface area contributed by atoms with Gasteiger partial charge in [0.2, 0.25) is 11.8 Å². The highest BCUT2D eigenvalue weighted by molar-refractivity contribution is 5.80. The monoisotopic (exact) mass is 286 g/mol. The van der Waals surface area contributed by atoms with E-state index in [2.05, 4.69) is 5.32 Å². The SMILES string of the molecule is COCCNCC(=O)N1CCN(C(=O)CN(C)C)CC1. The molecule has 7 nitrogen and oxygen atoms in total. The van der Waals surface area contributed by atoms with Crippen molar-refractivity contribution in [1.29, 1.82) is 0 Å². The van der Waals surface area contributed by atoms with Crippen LogP contribution in [0.2, 0.25) is 0 Å². The van der Waals surface area contributed by atoms with Crippen molar-refractivity contribution in [3.05, 3.63) is 0 Å². The van der Waals surface area contributed by atoms with Crippen molar-refractivity contribution < 1.29 is 14.3 Å². The smallest absolute Gasteiger partial charge is 0.236 e. The maximum Gasteiger partial charge on any atom is 0.236 e. The first-order chi connectivity index (χ1) is 9.54. The molecule has 0 aliphatic carbocycles. The fraction of sp³-hybridized carbons (Fsp3) is 0.846. The molecule has 0 atom stereocenters. The molecule has 0 aromatic carbocycles. The van der Waals surface area contributed by atoms with Gasteiger partial charge in [-0.25, -0.2) is 0 Å². The Hall–Kier alpha value is -1.18. The van der Waals surface area contributed by atoms with Crippen molar-refractivity contribution in [1.82, 2.24) is 20.0 Å². The highest BCUT2D eigenvalue weighted by Gasteiger charge is 2.23. The van der Waals surface area contributed by atoms with Crippen LogP contribution in [0.15, 0.2) is 0 Å². The number of ether oxygens (including phenoxy) is 1. The van der Waals surface area contributed by atoms with Crippen molar-refractivity contribution in [2.45, 2.75) is 0 Å². The molecule has 0 bridgehead atoms. The van der Waals surface area contributed by atoms with Crippen LogP contribution >= 0.6 is 0 Å². The molecule has 1 saturated heterocycles. The normalized spacial score (nSPS) is 15.8. The number of piperazine rings is 1. The second-order valence-electron chi connectivity index (χ2n) is 5.17. The molecule has 0 spiro atoms. The second kappa shape index (κ2) is 8.89. The summed E-state index contributed by atoms with van der Waals surface area (Å²) >= 11 is 0. The summed E-state index contributed by atoms with van der Waals surface area (Å²) in [6, 6.07) is 0. The Labute approximate surface area is 120 Å². The summed E-state index contributed by atoms with van der Waals surface area (Å²) in [5.41, 5.74) is 0. The van der Waals surface area contributed by atoms with Gasteiger partial charge in [-0.05, 0) is 14.1 Å². The number of nitrogens with zero attached hydrogens (tertiary/aromatic N) is 3. The zero-order valence-corrected chi connectivity index (χ0v) is 12.7. The summed E-state index contributed by atoms with van der Waals surface area (Å²) in [5.74, 6) is 0.209. The minimum absolute atomic E-state index is 0.0841. The van der Waals surface area contributed by atoms with Gasteiger partial charge in [0.05, 0.1) is 19.7 Å². The molecule has 1 rings (SSSR count). The predicted molar refractivity (Wildman–Crippen MR) is 76.5 cm³/mol. The molecule has 1 heterocycles. The molecule has 0 aromatic heterocycles. The summed E-state index contributed by atoms with van der Waals surface area (Å²) < 4.78 is 4.91. The lowest BCUT2D eigenvalue weighted by molar-refractivity contribution is -0.139. The van der Waals surface area contributed by atoms with E-state index in [1.807, 2.05) is 23.9 Å². The Morgan fingerprint density at radius 3 is 2.15 bits per heavy atom. The number of carbonyl (C=O) groups excluding carboxylic acids is 2. The van der Waals surface area contributed by atoms with Gasteiger partial charge in [-0.15, -0.1) is 0 Å². The van der Waals surface area contributed by atoms with E-state index >= 15 is 0 Å². The quantitative estimate of drug-likeness (QED) is 0.574. The molecule has 1 fully saturated rings. The van der Waals surface area contributed by atoms with Gasteiger partial charge in [0, 0.05) is 39.8 Å². The third-order valence-electron chi connectivity index (χ3n) is 3.20. The summed E-state index contributed by atoms with van der Waals surface area (Å²) in [6.07, 6.45) is 0. The van der Waals surface area contributed by atoms with E-state index in [9.17, 15) is 9.59 Å². The van der Waals surface area contributed by atoms with E-state index in [1.54, 1.807) is 12.0 Å². The van der Waals surface area contributed by atoms with Crippen molar-refractivity contribution in [2.75, 3.05) is 73.6 Å². The van der Waals surface area contributed by atoms with Gasteiger partial charge in [-0.2, -0.15) is 0 Å². The molecule has 7 heteroatoms. The zero-order chi connectivity index (χ0) is 15.0. The average molecular weight is 286 g/mol. The predicted octanol–water partition coefficient (Wildman–Crippen LogP) is -1.55. The third-order valence-corrected chi connectivity index (χ3v) is 3.20. The van der Waals surface area contributed by atoms with Crippen LogP contribution < -0.4 is 5.32 Å². The molecule has 1 aliphatic rings. The Kier molecular flexibility index (Phi) is 7.50. The molecule has 0 unspecified atom stereocenters. The molecule has 1 N–H and O–H groups in total. The van der Waals surface area contributed by atoms with Crippen LogP contribution in [-0.4, -0.2) is 100 Å². The first-order valence-corrected chi connectivity index (χ1v) is 6.94. The van der Waals surface area contributed by atoms with E-state index in [-0.39, 0.29) is 11.8 Å².